The average Bonchev–Trinajstić information content (AvgIpc) is 2.90. The van der Waals surface area contributed by atoms with Crippen LogP contribution in [0, 0.1) is 23.2 Å². The lowest BCUT2D eigenvalue weighted by Crippen LogP contribution is -2.60. The Hall–Kier alpha value is -2.41. The van der Waals surface area contributed by atoms with Crippen molar-refractivity contribution in [1.82, 2.24) is 0 Å². The van der Waals surface area contributed by atoms with Crippen molar-refractivity contribution in [3.63, 3.8) is 0 Å². The van der Waals surface area contributed by atoms with E-state index in [1.54, 1.807) is 30.4 Å². The Morgan fingerprint density at radius 1 is 1.08 bits per heavy atom. The van der Waals surface area contributed by atoms with Crippen molar-refractivity contribution >= 4 is 5.76 Å². The van der Waals surface area contributed by atoms with Gasteiger partial charge in [-0.2, -0.15) is 5.26 Å². The number of nitriles is 1. The molecule has 2 fully saturated rings. The molecule has 4 N–H and O–H groups in total. The molecule has 0 aromatic heterocycles. The molecule has 194 valence electrons. The van der Waals surface area contributed by atoms with E-state index in [0.29, 0.717) is 11.8 Å². The van der Waals surface area contributed by atoms with Gasteiger partial charge in [0.2, 0.25) is 6.29 Å². The Kier molecular flexibility index (Phi) is 7.38. The van der Waals surface area contributed by atoms with E-state index < -0.39 is 37.3 Å². The first-order valence-electron chi connectivity index (χ1n) is 13.0. The molecule has 0 amide bonds. The van der Waals surface area contributed by atoms with Crippen LogP contribution >= 0.6 is 0 Å². The van der Waals surface area contributed by atoms with Gasteiger partial charge >= 0.3 is 0 Å². The number of fused-ring (bicyclic) bond motifs is 3. The second-order valence-corrected chi connectivity index (χ2v) is 10.3. The maximum absolute atomic E-state index is 10.4. The fourth-order valence-electron chi connectivity index (χ4n) is 6.57. The van der Waals surface area contributed by atoms with E-state index in [1.165, 1.54) is 31.3 Å². The molecule has 1 aromatic rings. The summed E-state index contributed by atoms with van der Waals surface area (Å²) < 4.78 is 17.4. The number of methoxy groups -OCH3 is 1. The summed E-state index contributed by atoms with van der Waals surface area (Å²) in [5.74, 6) is 1.83. The molecule has 1 aromatic carbocycles. The predicted octanol–water partition coefficient (Wildman–Crippen LogP) is 2.79. The van der Waals surface area contributed by atoms with Gasteiger partial charge in [-0.15, -0.1) is 0 Å². The third kappa shape index (κ3) is 4.44. The molecule has 0 radical (unpaired) electrons. The fraction of sp³-hybridized carbons (Fsp3) is 0.607. The highest BCUT2D eigenvalue weighted by Gasteiger charge is 2.45. The van der Waals surface area contributed by atoms with Gasteiger partial charge in [0.15, 0.2) is 0 Å². The molecule has 0 spiro atoms. The molecular formula is C28H35NO7. The van der Waals surface area contributed by atoms with E-state index in [4.69, 9.17) is 14.2 Å². The molecule has 8 heteroatoms. The lowest BCUT2D eigenvalue weighted by atomic mass is 9.62. The van der Waals surface area contributed by atoms with E-state index in [9.17, 15) is 25.7 Å². The van der Waals surface area contributed by atoms with Gasteiger partial charge in [-0.1, -0.05) is 17.6 Å². The van der Waals surface area contributed by atoms with Gasteiger partial charge in [0.05, 0.1) is 19.3 Å². The van der Waals surface area contributed by atoms with Gasteiger partial charge in [0.1, 0.15) is 42.0 Å². The van der Waals surface area contributed by atoms with Crippen LogP contribution in [-0.2, 0) is 9.47 Å². The van der Waals surface area contributed by atoms with Gasteiger partial charge in [-0.05, 0) is 74.6 Å². The van der Waals surface area contributed by atoms with Crippen LogP contribution in [0.5, 0.6) is 5.75 Å². The molecule has 4 unspecified atom stereocenters. The summed E-state index contributed by atoms with van der Waals surface area (Å²) in [5.41, 5.74) is 5.61. The average molecular weight is 498 g/mol. The highest BCUT2D eigenvalue weighted by atomic mass is 16.7. The zero-order chi connectivity index (χ0) is 25.4. The topological polar surface area (TPSA) is 132 Å². The van der Waals surface area contributed by atoms with Crippen molar-refractivity contribution in [2.45, 2.75) is 82.1 Å². The lowest BCUT2D eigenvalue weighted by molar-refractivity contribution is -0.277. The van der Waals surface area contributed by atoms with Crippen molar-refractivity contribution in [2.24, 2.45) is 11.8 Å². The smallest absolute Gasteiger partial charge is 0.229 e. The monoisotopic (exact) mass is 497 g/mol. The maximum Gasteiger partial charge on any atom is 0.229 e. The Bertz CT molecular complexity index is 1090. The van der Waals surface area contributed by atoms with Crippen molar-refractivity contribution in [1.29, 1.82) is 5.26 Å². The minimum absolute atomic E-state index is 0.174. The molecular weight excluding hydrogens is 462 g/mol. The Balaban J connectivity index is 1.51. The molecule has 1 saturated heterocycles. The van der Waals surface area contributed by atoms with Crippen molar-refractivity contribution in [3.05, 3.63) is 46.0 Å². The zero-order valence-electron chi connectivity index (χ0n) is 20.6. The summed E-state index contributed by atoms with van der Waals surface area (Å²) in [6, 6.07) is 7.32. The molecule has 36 heavy (non-hydrogen) atoms. The zero-order valence-corrected chi connectivity index (χ0v) is 20.6. The molecule has 1 heterocycles. The SMILES string of the molecule is CO/C(=C1\C2CCCC1C1=C(CCCC1)C2)c1ccc(C#N)c(O[C@@H]2OC(CO)[C@H](O)C(O)[C@@H]2O)c1. The first-order chi connectivity index (χ1) is 17.5. The van der Waals surface area contributed by atoms with Crippen LogP contribution in [0.15, 0.2) is 34.9 Å². The van der Waals surface area contributed by atoms with Gasteiger partial charge in [-0.3, -0.25) is 0 Å². The van der Waals surface area contributed by atoms with E-state index >= 15 is 0 Å². The normalized spacial score (nSPS) is 35.5. The molecule has 1 aliphatic heterocycles. The van der Waals surface area contributed by atoms with Crippen LogP contribution in [0.4, 0.5) is 0 Å². The molecule has 2 bridgehead atoms. The second-order valence-electron chi connectivity index (χ2n) is 10.3. The number of aliphatic hydroxyl groups is 4. The summed E-state index contributed by atoms with van der Waals surface area (Å²) in [5, 5.41) is 49.8. The number of hydrogen-bond acceptors (Lipinski definition) is 8. The Morgan fingerprint density at radius 3 is 2.64 bits per heavy atom. The van der Waals surface area contributed by atoms with Crippen LogP contribution in [0.25, 0.3) is 5.76 Å². The van der Waals surface area contributed by atoms with Crippen LogP contribution in [-0.4, -0.2) is 64.8 Å². The van der Waals surface area contributed by atoms with E-state index in [2.05, 4.69) is 6.07 Å². The van der Waals surface area contributed by atoms with Crippen LogP contribution in [0.1, 0.15) is 62.5 Å². The first kappa shape index (κ1) is 25.2. The fourth-order valence-corrected chi connectivity index (χ4v) is 6.57. The van der Waals surface area contributed by atoms with Crippen molar-refractivity contribution < 1.29 is 34.6 Å². The standard InChI is InChI=1S/C28H35NO7/c1-34-27(23-16-6-4-8-20(23)19-7-3-2-5-15(19)11-16)17-9-10-18(13-29)21(12-17)35-28-26(33)25(32)24(31)22(14-30)36-28/h9-10,12,16,20,22,24-26,28,30-33H,2-8,11,14H2,1H3/b27-23+/t16?,20?,22?,24-,25?,26-,28+/m0/s1. The second kappa shape index (κ2) is 10.5. The third-order valence-electron chi connectivity index (χ3n) is 8.32. The summed E-state index contributed by atoms with van der Waals surface area (Å²) in [6.07, 6.45) is 2.39. The number of nitrogens with zero attached hydrogens (tertiary/aromatic N) is 1. The summed E-state index contributed by atoms with van der Waals surface area (Å²) in [4.78, 5) is 0. The van der Waals surface area contributed by atoms with Gasteiger partial charge in [0, 0.05) is 11.5 Å². The number of ether oxygens (including phenoxy) is 3. The lowest BCUT2D eigenvalue weighted by Gasteiger charge is -2.43. The summed E-state index contributed by atoms with van der Waals surface area (Å²) in [7, 11) is 1.68. The third-order valence-corrected chi connectivity index (χ3v) is 8.32. The molecule has 5 rings (SSSR count). The number of rotatable bonds is 5. The molecule has 8 nitrogen and oxygen atoms in total. The highest BCUT2D eigenvalue weighted by Crippen LogP contribution is 2.53. The van der Waals surface area contributed by atoms with Gasteiger partial charge in [0.25, 0.3) is 0 Å². The maximum atomic E-state index is 10.4. The molecule has 4 aliphatic rings. The Labute approximate surface area is 211 Å². The summed E-state index contributed by atoms with van der Waals surface area (Å²) in [6.45, 7) is -0.559. The van der Waals surface area contributed by atoms with Crippen molar-refractivity contribution in [2.75, 3.05) is 13.7 Å². The number of benzene rings is 1. The molecule has 1 saturated carbocycles. The molecule has 3 aliphatic carbocycles. The quantitative estimate of drug-likeness (QED) is 0.361. The van der Waals surface area contributed by atoms with Crippen LogP contribution in [0.2, 0.25) is 0 Å². The van der Waals surface area contributed by atoms with E-state index in [0.717, 1.165) is 37.0 Å². The van der Waals surface area contributed by atoms with E-state index in [1.807, 2.05) is 6.07 Å². The minimum atomic E-state index is -1.56. The largest absolute Gasteiger partial charge is 0.496 e. The number of aliphatic hydroxyl groups excluding tert-OH is 4. The Morgan fingerprint density at radius 2 is 1.89 bits per heavy atom. The number of allylic oxidation sites excluding steroid dienone is 3. The highest BCUT2D eigenvalue weighted by molar-refractivity contribution is 5.68. The van der Waals surface area contributed by atoms with Gasteiger partial charge in [-0.25, -0.2) is 0 Å². The molecule has 7 atom stereocenters. The van der Waals surface area contributed by atoms with Crippen molar-refractivity contribution in [3.8, 4) is 11.8 Å². The first-order valence-corrected chi connectivity index (χ1v) is 13.0. The van der Waals surface area contributed by atoms with Crippen LogP contribution in [0.3, 0.4) is 0 Å². The van der Waals surface area contributed by atoms with Crippen LogP contribution < -0.4 is 4.74 Å². The minimum Gasteiger partial charge on any atom is -0.496 e. The van der Waals surface area contributed by atoms with E-state index in [-0.39, 0.29) is 11.3 Å². The number of hydrogen-bond donors (Lipinski definition) is 4. The predicted molar refractivity (Wildman–Crippen MR) is 130 cm³/mol. The van der Waals surface area contributed by atoms with Gasteiger partial charge < -0.3 is 34.6 Å². The summed E-state index contributed by atoms with van der Waals surface area (Å²) >= 11 is 0.